The molecule has 1 aliphatic rings. The van der Waals surface area contributed by atoms with Crippen LogP contribution < -0.4 is 4.57 Å². The first kappa shape index (κ1) is 7.79. The molecule has 0 amide bonds. The highest BCUT2D eigenvalue weighted by molar-refractivity contribution is 5.89. The van der Waals surface area contributed by atoms with Crippen LogP contribution in [0.1, 0.15) is 9.81 Å². The van der Waals surface area contributed by atoms with Crippen LogP contribution in [0, 0.1) is 0 Å². The van der Waals surface area contributed by atoms with Crippen LogP contribution in [0.5, 0.6) is 0 Å². The molecule has 20 heavy (non-hydrogen) atoms. The largest absolute Gasteiger partial charge is 0.300 e. The van der Waals surface area contributed by atoms with Crippen molar-refractivity contribution >= 4 is 16.7 Å². The fourth-order valence-electron chi connectivity index (χ4n) is 3.08. The zero-order valence-electron chi connectivity index (χ0n) is 13.5. The van der Waals surface area contributed by atoms with E-state index in [1.807, 2.05) is 39.6 Å². The van der Waals surface area contributed by atoms with E-state index in [2.05, 4.69) is 9.97 Å². The standard InChI is InChI=1S/C15H12N5/c1-18-12-9-19-7-3-6-17-14(19)13(12)20-8-11-10(15(18)20)4-2-5-16-11/h2-7,9H,8H2,1H3/q+1/i1D3. The van der Waals surface area contributed by atoms with Gasteiger partial charge in [0.25, 0.3) is 5.82 Å². The highest BCUT2D eigenvalue weighted by Gasteiger charge is 2.35. The van der Waals surface area contributed by atoms with Crippen LogP contribution >= 0.6 is 0 Å². The lowest BCUT2D eigenvalue weighted by atomic mass is 10.2. The third-order valence-electron chi connectivity index (χ3n) is 3.91. The van der Waals surface area contributed by atoms with Crippen molar-refractivity contribution in [2.24, 2.45) is 6.98 Å². The van der Waals surface area contributed by atoms with Crippen molar-refractivity contribution in [3.63, 3.8) is 0 Å². The summed E-state index contributed by atoms with van der Waals surface area (Å²) in [5, 5.41) is 0. The number of rotatable bonds is 0. The molecule has 0 unspecified atom stereocenters. The maximum Gasteiger partial charge on any atom is 0.292 e. The fourth-order valence-corrected chi connectivity index (χ4v) is 3.08. The van der Waals surface area contributed by atoms with Gasteiger partial charge in [0, 0.05) is 18.6 Å². The summed E-state index contributed by atoms with van der Waals surface area (Å²) in [6.07, 6.45) is 7.15. The molecule has 0 atom stereocenters. The zero-order valence-corrected chi connectivity index (χ0v) is 10.5. The van der Waals surface area contributed by atoms with Gasteiger partial charge < -0.3 is 4.40 Å². The number of hydrogen-bond donors (Lipinski definition) is 0. The second kappa shape index (κ2) is 3.25. The summed E-state index contributed by atoms with van der Waals surface area (Å²) in [7, 11) is 0. The summed E-state index contributed by atoms with van der Waals surface area (Å²) in [5.41, 5.74) is 3.99. The van der Waals surface area contributed by atoms with Gasteiger partial charge in [-0.05, 0) is 18.2 Å². The number of nitrogens with zero attached hydrogens (tertiary/aromatic N) is 5. The van der Waals surface area contributed by atoms with Gasteiger partial charge in [0.2, 0.25) is 5.52 Å². The van der Waals surface area contributed by atoms with Gasteiger partial charge in [-0.3, -0.25) is 4.98 Å². The van der Waals surface area contributed by atoms with E-state index in [0.717, 1.165) is 22.4 Å². The monoisotopic (exact) mass is 265 g/mol. The highest BCUT2D eigenvalue weighted by atomic mass is 15.2. The molecule has 5 nitrogen and oxygen atoms in total. The topological polar surface area (TPSA) is 39.0 Å². The van der Waals surface area contributed by atoms with Gasteiger partial charge in [-0.15, -0.1) is 0 Å². The Kier molecular flexibility index (Phi) is 1.27. The van der Waals surface area contributed by atoms with E-state index < -0.39 is 6.98 Å². The van der Waals surface area contributed by atoms with Crippen molar-refractivity contribution in [2.45, 2.75) is 6.54 Å². The summed E-state index contributed by atoms with van der Waals surface area (Å²) in [4.78, 5) is 8.83. The predicted molar refractivity (Wildman–Crippen MR) is 74.2 cm³/mol. The minimum Gasteiger partial charge on any atom is -0.300 e. The van der Waals surface area contributed by atoms with Crippen molar-refractivity contribution in [3.05, 3.63) is 48.7 Å². The number of aryl methyl sites for hydroxylation is 1. The molecule has 0 bridgehead atoms. The Labute approximate surface area is 119 Å². The van der Waals surface area contributed by atoms with Crippen molar-refractivity contribution in [1.29, 1.82) is 0 Å². The average molecular weight is 265 g/mol. The molecular formula is C15H12N5+. The lowest BCUT2D eigenvalue weighted by Crippen LogP contribution is -2.31. The summed E-state index contributed by atoms with van der Waals surface area (Å²) in [6.45, 7) is -1.72. The maximum absolute atomic E-state index is 7.99. The van der Waals surface area contributed by atoms with Gasteiger partial charge in [0.05, 0.1) is 28.5 Å². The molecule has 0 fully saturated rings. The minimum absolute atomic E-state index is 0.557. The van der Waals surface area contributed by atoms with Gasteiger partial charge in [0.1, 0.15) is 6.54 Å². The van der Waals surface area contributed by atoms with Gasteiger partial charge in [-0.25, -0.2) is 14.1 Å². The molecule has 0 spiro atoms. The van der Waals surface area contributed by atoms with Gasteiger partial charge in [-0.2, -0.15) is 0 Å². The normalized spacial score (nSPS) is 15.9. The second-order valence-electron chi connectivity index (χ2n) is 4.96. The van der Waals surface area contributed by atoms with Crippen molar-refractivity contribution in [3.8, 4) is 11.4 Å². The van der Waals surface area contributed by atoms with Crippen LogP contribution in [0.25, 0.3) is 28.1 Å². The van der Waals surface area contributed by atoms with Crippen LogP contribution in [0.3, 0.4) is 0 Å². The third kappa shape index (κ3) is 1.02. The number of pyridine rings is 1. The van der Waals surface area contributed by atoms with Crippen molar-refractivity contribution < 1.29 is 8.68 Å². The summed E-state index contributed by atoms with van der Waals surface area (Å²) >= 11 is 0. The van der Waals surface area contributed by atoms with Gasteiger partial charge in [0.15, 0.2) is 11.2 Å². The molecule has 0 aromatic carbocycles. The van der Waals surface area contributed by atoms with Crippen LogP contribution in [0.15, 0.2) is 43.0 Å². The quantitative estimate of drug-likeness (QED) is 0.398. The molecule has 0 radical (unpaired) electrons. The Morgan fingerprint density at radius 3 is 3.20 bits per heavy atom. The van der Waals surface area contributed by atoms with E-state index >= 15 is 0 Å². The SMILES string of the molecule is [2H]C([2H])([2H])n1c2[n+](c3c1cn1cccnc31)Cc1ncccc1-2. The zero-order chi connectivity index (χ0) is 15.8. The van der Waals surface area contributed by atoms with E-state index in [4.69, 9.17) is 4.11 Å². The Hall–Kier alpha value is -2.69. The third-order valence-corrected chi connectivity index (χ3v) is 3.91. The van der Waals surface area contributed by atoms with E-state index in [9.17, 15) is 0 Å². The van der Waals surface area contributed by atoms with E-state index in [1.54, 1.807) is 12.4 Å². The van der Waals surface area contributed by atoms with E-state index in [1.165, 1.54) is 4.57 Å². The number of imidazole rings is 1. The Bertz CT molecular complexity index is 1090. The van der Waals surface area contributed by atoms with Crippen LogP contribution in [-0.2, 0) is 13.5 Å². The minimum atomic E-state index is -2.28. The molecule has 1 aliphatic heterocycles. The summed E-state index contributed by atoms with van der Waals surface area (Å²) in [5.74, 6) is 0.672. The van der Waals surface area contributed by atoms with Crippen LogP contribution in [-0.4, -0.2) is 18.9 Å². The van der Waals surface area contributed by atoms with Crippen molar-refractivity contribution in [2.75, 3.05) is 0 Å². The van der Waals surface area contributed by atoms with Crippen molar-refractivity contribution in [1.82, 2.24) is 18.9 Å². The molecule has 5 heterocycles. The molecule has 0 N–H and O–H groups in total. The summed E-state index contributed by atoms with van der Waals surface area (Å²) < 4.78 is 29.2. The van der Waals surface area contributed by atoms with E-state index in [-0.39, 0.29) is 0 Å². The van der Waals surface area contributed by atoms with Gasteiger partial charge in [-0.1, -0.05) is 0 Å². The lowest BCUT2D eigenvalue weighted by molar-refractivity contribution is -0.645. The number of aromatic nitrogens is 5. The summed E-state index contributed by atoms with van der Waals surface area (Å²) in [6, 6.07) is 5.58. The first-order chi connectivity index (χ1) is 11.1. The lowest BCUT2D eigenvalue weighted by Gasteiger charge is -1.94. The molecule has 96 valence electrons. The molecule has 4 aromatic rings. The first-order valence-corrected chi connectivity index (χ1v) is 6.40. The van der Waals surface area contributed by atoms with Gasteiger partial charge >= 0.3 is 0 Å². The first-order valence-electron chi connectivity index (χ1n) is 7.90. The number of hydrogen-bond acceptors (Lipinski definition) is 2. The molecule has 4 aromatic heterocycles. The molecule has 0 saturated carbocycles. The molecule has 5 rings (SSSR count). The average Bonchev–Trinajstić information content (AvgIpc) is 3.12. The number of fused-ring (bicyclic) bond motifs is 7. The molecule has 5 heteroatoms. The predicted octanol–water partition coefficient (Wildman–Crippen LogP) is 1.54. The van der Waals surface area contributed by atoms with Crippen LogP contribution in [0.4, 0.5) is 0 Å². The highest BCUT2D eigenvalue weighted by Crippen LogP contribution is 2.30. The van der Waals surface area contributed by atoms with Crippen LogP contribution in [0.2, 0.25) is 0 Å². The smallest absolute Gasteiger partial charge is 0.292 e. The Morgan fingerprint density at radius 1 is 1.30 bits per heavy atom. The maximum atomic E-state index is 7.99. The molecule has 0 saturated heterocycles. The Balaban J connectivity index is 2.01. The fraction of sp³-hybridized carbons (Fsp3) is 0.133. The molecular weight excluding hydrogens is 250 g/mol. The van der Waals surface area contributed by atoms with E-state index in [0.29, 0.717) is 17.9 Å². The second-order valence-corrected chi connectivity index (χ2v) is 4.96. The molecule has 0 aliphatic carbocycles. The Morgan fingerprint density at radius 2 is 2.25 bits per heavy atom.